The van der Waals surface area contributed by atoms with Crippen LogP contribution in [0.4, 0.5) is 0 Å². The summed E-state index contributed by atoms with van der Waals surface area (Å²) >= 11 is 0. The van der Waals surface area contributed by atoms with E-state index < -0.39 is 16.8 Å². The average molecular weight is 232 g/mol. The van der Waals surface area contributed by atoms with Gasteiger partial charge in [-0.3, -0.25) is 19.1 Å². The molecule has 3 unspecified atom stereocenters. The van der Waals surface area contributed by atoms with Gasteiger partial charge in [-0.1, -0.05) is 6.92 Å². The zero-order chi connectivity index (χ0) is 11.4. The topological polar surface area (TPSA) is 75.3 Å². The van der Waals surface area contributed by atoms with Gasteiger partial charge in [-0.15, -0.1) is 0 Å². The third-order valence-electron chi connectivity index (χ3n) is 2.48. The first-order valence-electron chi connectivity index (χ1n) is 4.90. The Kier molecular flexibility index (Phi) is 4.41. The fourth-order valence-corrected chi connectivity index (χ4v) is 1.80. The highest BCUT2D eigenvalue weighted by atomic mass is 32.2. The van der Waals surface area contributed by atoms with E-state index in [1.54, 1.807) is 6.26 Å². The lowest BCUT2D eigenvalue weighted by Crippen LogP contribution is -2.37. The Balaban J connectivity index is 2.23. The Morgan fingerprint density at radius 3 is 2.73 bits per heavy atom. The largest absolute Gasteiger partial charge is 0.305 e. The van der Waals surface area contributed by atoms with Crippen LogP contribution in [0.3, 0.4) is 0 Å². The SMILES string of the molecule is CC(CCNC1CC(=O)NC1=O)S(C)=O. The number of rotatable bonds is 5. The van der Waals surface area contributed by atoms with Gasteiger partial charge in [-0.05, 0) is 13.0 Å². The van der Waals surface area contributed by atoms with Crippen molar-refractivity contribution in [2.45, 2.75) is 31.1 Å². The summed E-state index contributed by atoms with van der Waals surface area (Å²) in [4.78, 5) is 22.0. The van der Waals surface area contributed by atoms with Gasteiger partial charge in [-0.25, -0.2) is 0 Å². The molecule has 0 bridgehead atoms. The van der Waals surface area contributed by atoms with E-state index in [9.17, 15) is 13.8 Å². The number of carbonyl (C=O) groups is 2. The van der Waals surface area contributed by atoms with Gasteiger partial charge in [0.15, 0.2) is 0 Å². The lowest BCUT2D eigenvalue weighted by Gasteiger charge is -2.11. The van der Waals surface area contributed by atoms with E-state index in [2.05, 4.69) is 10.6 Å². The maximum atomic E-state index is 11.1. The van der Waals surface area contributed by atoms with Crippen LogP contribution in [-0.2, 0) is 20.4 Å². The molecule has 6 heteroatoms. The number of hydrogen-bond donors (Lipinski definition) is 2. The normalized spacial score (nSPS) is 25.1. The maximum absolute atomic E-state index is 11.1. The number of imide groups is 1. The smallest absolute Gasteiger partial charge is 0.244 e. The first-order valence-corrected chi connectivity index (χ1v) is 6.52. The van der Waals surface area contributed by atoms with E-state index >= 15 is 0 Å². The molecule has 0 aromatic rings. The summed E-state index contributed by atoms with van der Waals surface area (Å²) in [7, 11) is -0.837. The molecule has 3 atom stereocenters. The third-order valence-corrected chi connectivity index (χ3v) is 3.85. The molecular formula is C9H16N2O3S. The Bertz CT molecular complexity index is 293. The van der Waals surface area contributed by atoms with Crippen LogP contribution < -0.4 is 10.6 Å². The van der Waals surface area contributed by atoms with Crippen LogP contribution in [0.1, 0.15) is 19.8 Å². The molecule has 0 spiro atoms. The molecule has 0 aliphatic carbocycles. The molecule has 1 aliphatic heterocycles. The number of hydrogen-bond acceptors (Lipinski definition) is 4. The van der Waals surface area contributed by atoms with Gasteiger partial charge in [0.25, 0.3) is 0 Å². The summed E-state index contributed by atoms with van der Waals surface area (Å²) in [6, 6.07) is -0.407. The maximum Gasteiger partial charge on any atom is 0.244 e. The molecule has 2 amide bonds. The van der Waals surface area contributed by atoms with Crippen molar-refractivity contribution in [3.05, 3.63) is 0 Å². The van der Waals surface area contributed by atoms with E-state index in [1.807, 2.05) is 6.92 Å². The van der Waals surface area contributed by atoms with Crippen LogP contribution in [0, 0.1) is 0 Å². The van der Waals surface area contributed by atoms with Crippen molar-refractivity contribution in [2.75, 3.05) is 12.8 Å². The monoisotopic (exact) mass is 232 g/mol. The number of amides is 2. The van der Waals surface area contributed by atoms with Crippen molar-refractivity contribution < 1.29 is 13.8 Å². The average Bonchev–Trinajstić information content (AvgIpc) is 2.45. The van der Waals surface area contributed by atoms with Gasteiger partial charge < -0.3 is 5.32 Å². The summed E-state index contributed by atoms with van der Waals surface area (Å²) in [5.41, 5.74) is 0. The van der Waals surface area contributed by atoms with Crippen molar-refractivity contribution in [1.82, 2.24) is 10.6 Å². The van der Waals surface area contributed by atoms with Crippen molar-refractivity contribution in [2.24, 2.45) is 0 Å². The lowest BCUT2D eigenvalue weighted by atomic mass is 10.2. The molecule has 15 heavy (non-hydrogen) atoms. The first-order chi connectivity index (χ1) is 7.00. The fourth-order valence-electron chi connectivity index (χ4n) is 1.35. The van der Waals surface area contributed by atoms with Crippen molar-refractivity contribution in [1.29, 1.82) is 0 Å². The van der Waals surface area contributed by atoms with E-state index in [4.69, 9.17) is 0 Å². The Hall–Kier alpha value is -0.750. The number of nitrogens with one attached hydrogen (secondary N) is 2. The van der Waals surface area contributed by atoms with Crippen LogP contribution in [0.5, 0.6) is 0 Å². The van der Waals surface area contributed by atoms with Crippen molar-refractivity contribution >= 4 is 22.6 Å². The summed E-state index contributed by atoms with van der Waals surface area (Å²) in [6.07, 6.45) is 2.61. The van der Waals surface area contributed by atoms with Gasteiger partial charge in [0, 0.05) is 22.3 Å². The molecule has 0 aromatic heterocycles. The summed E-state index contributed by atoms with van der Waals surface area (Å²) in [5, 5.41) is 5.32. The van der Waals surface area contributed by atoms with Crippen molar-refractivity contribution in [3.63, 3.8) is 0 Å². The number of carbonyl (C=O) groups excluding carboxylic acids is 2. The zero-order valence-corrected chi connectivity index (χ0v) is 9.73. The molecule has 0 saturated carbocycles. The van der Waals surface area contributed by atoms with Crippen LogP contribution in [0.15, 0.2) is 0 Å². The first kappa shape index (κ1) is 12.3. The Labute approximate surface area is 91.4 Å². The highest BCUT2D eigenvalue weighted by molar-refractivity contribution is 7.84. The van der Waals surface area contributed by atoms with Crippen LogP contribution in [0.25, 0.3) is 0 Å². The molecule has 1 aliphatic rings. The second-order valence-corrected chi connectivity index (χ2v) is 5.52. The third kappa shape index (κ3) is 3.71. The minimum Gasteiger partial charge on any atom is -0.305 e. The quantitative estimate of drug-likeness (QED) is 0.605. The van der Waals surface area contributed by atoms with Gasteiger partial charge in [0.05, 0.1) is 12.5 Å². The van der Waals surface area contributed by atoms with E-state index in [0.717, 1.165) is 6.42 Å². The highest BCUT2D eigenvalue weighted by Crippen LogP contribution is 2.03. The van der Waals surface area contributed by atoms with E-state index in [1.165, 1.54) is 0 Å². The van der Waals surface area contributed by atoms with Gasteiger partial charge in [0.2, 0.25) is 11.8 Å². The van der Waals surface area contributed by atoms with E-state index in [-0.39, 0.29) is 23.5 Å². The molecule has 0 radical (unpaired) electrons. The summed E-state index contributed by atoms with van der Waals surface area (Å²) in [6.45, 7) is 2.50. The Morgan fingerprint density at radius 1 is 1.60 bits per heavy atom. The zero-order valence-electron chi connectivity index (χ0n) is 8.91. The van der Waals surface area contributed by atoms with Crippen LogP contribution in [-0.4, -0.2) is 40.1 Å². The van der Waals surface area contributed by atoms with Crippen LogP contribution >= 0.6 is 0 Å². The van der Waals surface area contributed by atoms with Gasteiger partial charge >= 0.3 is 0 Å². The lowest BCUT2D eigenvalue weighted by molar-refractivity contribution is -0.125. The predicted octanol–water partition coefficient (Wildman–Crippen LogP) is -0.852. The second kappa shape index (κ2) is 5.37. The van der Waals surface area contributed by atoms with Crippen molar-refractivity contribution in [3.8, 4) is 0 Å². The molecule has 1 fully saturated rings. The molecule has 1 heterocycles. The Morgan fingerprint density at radius 2 is 2.27 bits per heavy atom. The predicted molar refractivity (Wildman–Crippen MR) is 57.7 cm³/mol. The van der Waals surface area contributed by atoms with Gasteiger partial charge in [0.1, 0.15) is 0 Å². The van der Waals surface area contributed by atoms with Crippen LogP contribution in [0.2, 0.25) is 0 Å². The second-order valence-electron chi connectivity index (χ2n) is 3.72. The fraction of sp³-hybridized carbons (Fsp3) is 0.778. The minimum absolute atomic E-state index is 0.109. The molecule has 2 N–H and O–H groups in total. The van der Waals surface area contributed by atoms with Gasteiger partial charge in [-0.2, -0.15) is 0 Å². The molecule has 86 valence electrons. The standard InChI is InChI=1S/C9H16N2O3S/c1-6(15(2)14)3-4-10-7-5-8(12)11-9(7)13/h6-7,10H,3-5H2,1-2H3,(H,11,12,13). The molecule has 1 rings (SSSR count). The summed E-state index contributed by atoms with van der Waals surface area (Å²) in [5.74, 6) is -0.491. The molecule has 0 aromatic carbocycles. The molecular weight excluding hydrogens is 216 g/mol. The minimum atomic E-state index is -0.837. The highest BCUT2D eigenvalue weighted by Gasteiger charge is 2.29. The summed E-state index contributed by atoms with van der Waals surface area (Å²) < 4.78 is 11.0. The molecule has 1 saturated heterocycles. The van der Waals surface area contributed by atoms with E-state index in [0.29, 0.717) is 6.54 Å². The molecule has 5 nitrogen and oxygen atoms in total.